The van der Waals surface area contributed by atoms with E-state index in [1.54, 1.807) is 0 Å². The number of carbonyl (C=O) groups is 1. The van der Waals surface area contributed by atoms with Gasteiger partial charge in [0.05, 0.1) is 13.7 Å². The number of esters is 1. The van der Waals surface area contributed by atoms with Crippen molar-refractivity contribution < 1.29 is 14.3 Å². The molecule has 1 saturated carbocycles. The molecule has 1 aliphatic carbocycles. The molecule has 3 heteroatoms. The molecule has 13 heavy (non-hydrogen) atoms. The first kappa shape index (κ1) is 10.3. The Kier molecular flexibility index (Phi) is 3.96. The molecular formula is C10H16O3. The average Bonchev–Trinajstić information content (AvgIpc) is 2.95. The van der Waals surface area contributed by atoms with Gasteiger partial charge in [0.15, 0.2) is 6.10 Å². The van der Waals surface area contributed by atoms with Crippen molar-refractivity contribution in [2.75, 3.05) is 13.7 Å². The lowest BCUT2D eigenvalue weighted by atomic mass is 10.2. The van der Waals surface area contributed by atoms with Crippen LogP contribution in [0.2, 0.25) is 0 Å². The maximum atomic E-state index is 11.2. The van der Waals surface area contributed by atoms with Crippen LogP contribution < -0.4 is 0 Å². The molecule has 0 N–H and O–H groups in total. The van der Waals surface area contributed by atoms with E-state index in [-0.39, 0.29) is 12.1 Å². The van der Waals surface area contributed by atoms with Crippen molar-refractivity contribution >= 4 is 5.97 Å². The Morgan fingerprint density at radius 2 is 2.31 bits per heavy atom. The van der Waals surface area contributed by atoms with Gasteiger partial charge in [0.25, 0.3) is 0 Å². The van der Waals surface area contributed by atoms with Crippen LogP contribution in [0.3, 0.4) is 0 Å². The topological polar surface area (TPSA) is 35.5 Å². The zero-order valence-corrected chi connectivity index (χ0v) is 8.16. The predicted octanol–water partition coefficient (Wildman–Crippen LogP) is 1.53. The number of carbonyl (C=O) groups excluding carboxylic acids is 1. The highest BCUT2D eigenvalue weighted by Gasteiger charge is 2.37. The van der Waals surface area contributed by atoms with Gasteiger partial charge < -0.3 is 9.47 Å². The number of ether oxygens (including phenoxy) is 2. The van der Waals surface area contributed by atoms with Crippen molar-refractivity contribution in [2.45, 2.75) is 25.9 Å². The summed E-state index contributed by atoms with van der Waals surface area (Å²) in [6, 6.07) is 0. The summed E-state index contributed by atoms with van der Waals surface area (Å²) in [5.41, 5.74) is 0. The molecule has 1 rings (SSSR count). The maximum Gasteiger partial charge on any atom is 0.335 e. The first-order valence-corrected chi connectivity index (χ1v) is 4.60. The Labute approximate surface area is 78.7 Å². The van der Waals surface area contributed by atoms with Crippen LogP contribution in [0.15, 0.2) is 12.2 Å². The van der Waals surface area contributed by atoms with E-state index in [4.69, 9.17) is 4.74 Å². The van der Waals surface area contributed by atoms with E-state index in [1.807, 2.05) is 19.1 Å². The Hall–Kier alpha value is -0.830. The van der Waals surface area contributed by atoms with Gasteiger partial charge >= 0.3 is 5.97 Å². The minimum absolute atomic E-state index is 0.244. The van der Waals surface area contributed by atoms with Crippen LogP contribution in [0.5, 0.6) is 0 Å². The highest BCUT2D eigenvalue weighted by atomic mass is 16.6. The molecule has 0 heterocycles. The molecular weight excluding hydrogens is 168 g/mol. The van der Waals surface area contributed by atoms with Gasteiger partial charge in [0.2, 0.25) is 0 Å². The molecule has 74 valence electrons. The Morgan fingerprint density at radius 1 is 1.62 bits per heavy atom. The molecule has 0 spiro atoms. The van der Waals surface area contributed by atoms with Crippen LogP contribution in [0.25, 0.3) is 0 Å². The molecule has 0 saturated heterocycles. The average molecular weight is 184 g/mol. The third-order valence-electron chi connectivity index (χ3n) is 2.09. The second kappa shape index (κ2) is 5.02. The molecule has 0 aromatic rings. The van der Waals surface area contributed by atoms with Crippen LogP contribution in [0.1, 0.15) is 19.8 Å². The Bertz CT molecular complexity index is 194. The van der Waals surface area contributed by atoms with Crippen LogP contribution >= 0.6 is 0 Å². The summed E-state index contributed by atoms with van der Waals surface area (Å²) in [5, 5.41) is 0. The lowest BCUT2D eigenvalue weighted by Crippen LogP contribution is -2.27. The molecule has 0 radical (unpaired) electrons. The number of allylic oxidation sites excluding steroid dienone is 1. The quantitative estimate of drug-likeness (QED) is 0.480. The van der Waals surface area contributed by atoms with Gasteiger partial charge in [-0.1, -0.05) is 12.2 Å². The van der Waals surface area contributed by atoms with Gasteiger partial charge in [-0.3, -0.25) is 0 Å². The first-order chi connectivity index (χ1) is 6.29. The molecule has 0 bridgehead atoms. The van der Waals surface area contributed by atoms with E-state index in [1.165, 1.54) is 7.11 Å². The van der Waals surface area contributed by atoms with Crippen molar-refractivity contribution in [3.8, 4) is 0 Å². The third-order valence-corrected chi connectivity index (χ3v) is 2.09. The van der Waals surface area contributed by atoms with Crippen LogP contribution in [0, 0.1) is 5.92 Å². The van der Waals surface area contributed by atoms with Crippen molar-refractivity contribution in [1.82, 2.24) is 0 Å². The second-order valence-corrected chi connectivity index (χ2v) is 3.18. The monoisotopic (exact) mass is 184 g/mol. The lowest BCUT2D eigenvalue weighted by molar-refractivity contribution is -0.154. The number of hydrogen-bond acceptors (Lipinski definition) is 3. The molecule has 3 nitrogen and oxygen atoms in total. The summed E-state index contributed by atoms with van der Waals surface area (Å²) in [6.07, 6.45) is 5.60. The van der Waals surface area contributed by atoms with E-state index < -0.39 is 0 Å². The molecule has 1 fully saturated rings. The fourth-order valence-corrected chi connectivity index (χ4v) is 1.17. The number of methoxy groups -OCH3 is 1. The van der Waals surface area contributed by atoms with Crippen LogP contribution in [0.4, 0.5) is 0 Å². The zero-order chi connectivity index (χ0) is 9.68. The minimum atomic E-state index is -0.346. The van der Waals surface area contributed by atoms with Gasteiger partial charge in [-0.25, -0.2) is 4.79 Å². The van der Waals surface area contributed by atoms with Gasteiger partial charge in [0.1, 0.15) is 0 Å². The van der Waals surface area contributed by atoms with Crippen LogP contribution in [-0.4, -0.2) is 25.8 Å². The van der Waals surface area contributed by atoms with Crippen molar-refractivity contribution in [2.24, 2.45) is 5.92 Å². The summed E-state index contributed by atoms with van der Waals surface area (Å²) < 4.78 is 10.1. The predicted molar refractivity (Wildman–Crippen MR) is 49.3 cm³/mol. The number of rotatable bonds is 5. The highest BCUT2D eigenvalue weighted by molar-refractivity contribution is 5.75. The van der Waals surface area contributed by atoms with E-state index in [9.17, 15) is 4.79 Å². The van der Waals surface area contributed by atoms with Crippen molar-refractivity contribution in [1.29, 1.82) is 0 Å². The van der Waals surface area contributed by atoms with Crippen molar-refractivity contribution in [3.05, 3.63) is 12.2 Å². The van der Waals surface area contributed by atoms with Gasteiger partial charge in [0, 0.05) is 0 Å². The largest absolute Gasteiger partial charge is 0.467 e. The summed E-state index contributed by atoms with van der Waals surface area (Å²) in [6.45, 7) is 2.42. The highest BCUT2D eigenvalue weighted by Crippen LogP contribution is 2.34. The fourth-order valence-electron chi connectivity index (χ4n) is 1.17. The number of hydrogen-bond donors (Lipinski definition) is 0. The standard InChI is InChI=1S/C10H16O3/c1-3-4-7-13-9(8-5-6-8)10(11)12-2/h3-4,8-9H,5-7H2,1-2H3. The Morgan fingerprint density at radius 3 is 2.77 bits per heavy atom. The van der Waals surface area contributed by atoms with Crippen molar-refractivity contribution in [3.63, 3.8) is 0 Å². The summed E-state index contributed by atoms with van der Waals surface area (Å²) in [5.74, 6) is 0.143. The molecule has 1 aliphatic rings. The normalized spacial score (nSPS) is 18.9. The van der Waals surface area contributed by atoms with Gasteiger partial charge in [-0.15, -0.1) is 0 Å². The Balaban J connectivity index is 2.33. The zero-order valence-electron chi connectivity index (χ0n) is 8.16. The van der Waals surface area contributed by atoms with E-state index in [2.05, 4.69) is 4.74 Å². The molecule has 0 aliphatic heterocycles. The van der Waals surface area contributed by atoms with E-state index in [0.29, 0.717) is 12.5 Å². The molecule has 0 aromatic carbocycles. The maximum absolute atomic E-state index is 11.2. The van der Waals surface area contributed by atoms with Gasteiger partial charge in [-0.2, -0.15) is 0 Å². The lowest BCUT2D eigenvalue weighted by Gasteiger charge is -2.13. The first-order valence-electron chi connectivity index (χ1n) is 4.60. The van der Waals surface area contributed by atoms with Crippen LogP contribution in [-0.2, 0) is 14.3 Å². The molecule has 0 amide bonds. The molecule has 0 aromatic heterocycles. The second-order valence-electron chi connectivity index (χ2n) is 3.18. The smallest absolute Gasteiger partial charge is 0.335 e. The minimum Gasteiger partial charge on any atom is -0.467 e. The van der Waals surface area contributed by atoms with E-state index in [0.717, 1.165) is 12.8 Å². The van der Waals surface area contributed by atoms with E-state index >= 15 is 0 Å². The summed E-state index contributed by atoms with van der Waals surface area (Å²) in [4.78, 5) is 11.2. The summed E-state index contributed by atoms with van der Waals surface area (Å²) in [7, 11) is 1.40. The third kappa shape index (κ3) is 3.19. The summed E-state index contributed by atoms with van der Waals surface area (Å²) >= 11 is 0. The molecule has 1 unspecified atom stereocenters. The fraction of sp³-hybridized carbons (Fsp3) is 0.700. The SMILES string of the molecule is CC=CCOC(C(=O)OC)C1CC1. The molecule has 1 atom stereocenters. The van der Waals surface area contributed by atoms with Gasteiger partial charge in [-0.05, 0) is 25.7 Å².